The number of hydrogen-bond acceptors (Lipinski definition) is 5. The molecular weight excluding hydrogens is 423 g/mol. The van der Waals surface area contributed by atoms with Crippen LogP contribution in [-0.4, -0.2) is 36.9 Å². The molecule has 4 rings (SSSR count). The lowest BCUT2D eigenvalue weighted by Crippen LogP contribution is -2.38. The Kier molecular flexibility index (Phi) is 5.29. The van der Waals surface area contributed by atoms with Gasteiger partial charge in [0.25, 0.3) is 5.91 Å². The van der Waals surface area contributed by atoms with E-state index in [9.17, 15) is 18.0 Å². The summed E-state index contributed by atoms with van der Waals surface area (Å²) in [5, 5.41) is 4.27. The number of amides is 1. The number of carbonyl (C=O) groups is 1. The zero-order valence-corrected chi connectivity index (χ0v) is 18.7. The van der Waals surface area contributed by atoms with E-state index < -0.39 is 23.3 Å². The molecule has 4 heterocycles. The van der Waals surface area contributed by atoms with Gasteiger partial charge in [-0.2, -0.15) is 18.3 Å². The molecule has 1 atom stereocenters. The second kappa shape index (κ2) is 7.60. The normalized spacial score (nSPS) is 17.9. The predicted octanol–water partition coefficient (Wildman–Crippen LogP) is 5.02. The highest BCUT2D eigenvalue weighted by molar-refractivity contribution is 5.92. The summed E-state index contributed by atoms with van der Waals surface area (Å²) >= 11 is 0. The lowest BCUT2D eigenvalue weighted by atomic mass is 9.91. The molecule has 3 aromatic heterocycles. The molecule has 1 unspecified atom stereocenters. The van der Waals surface area contributed by atoms with Gasteiger partial charge in [0, 0.05) is 24.9 Å². The molecular formula is C22H26F3N5O2. The van der Waals surface area contributed by atoms with E-state index >= 15 is 0 Å². The van der Waals surface area contributed by atoms with Crippen LogP contribution in [0.2, 0.25) is 0 Å². The molecule has 1 aliphatic heterocycles. The fraction of sp³-hybridized carbons (Fsp3) is 0.545. The second-order valence-corrected chi connectivity index (χ2v) is 9.27. The van der Waals surface area contributed by atoms with Gasteiger partial charge in [-0.1, -0.05) is 20.8 Å². The maximum atomic E-state index is 13.8. The molecule has 0 aromatic carbocycles. The Morgan fingerprint density at radius 3 is 2.44 bits per heavy atom. The van der Waals surface area contributed by atoms with Gasteiger partial charge in [0.1, 0.15) is 5.69 Å². The van der Waals surface area contributed by atoms with Gasteiger partial charge < -0.3 is 9.32 Å². The van der Waals surface area contributed by atoms with Crippen LogP contribution in [-0.2, 0) is 11.6 Å². The van der Waals surface area contributed by atoms with Crippen molar-refractivity contribution in [2.75, 3.05) is 6.54 Å². The highest BCUT2D eigenvalue weighted by Gasteiger charge is 2.38. The number of alkyl halides is 3. The molecule has 172 valence electrons. The molecule has 1 fully saturated rings. The number of fused-ring (bicyclic) bond motifs is 1. The number of carbonyl (C=O) groups excluding carboxylic acids is 1. The second-order valence-electron chi connectivity index (χ2n) is 9.27. The van der Waals surface area contributed by atoms with Gasteiger partial charge in [-0.15, -0.1) is 0 Å². The van der Waals surface area contributed by atoms with E-state index in [0.717, 1.165) is 23.4 Å². The van der Waals surface area contributed by atoms with Crippen LogP contribution in [0.1, 0.15) is 85.3 Å². The highest BCUT2D eigenvalue weighted by Crippen LogP contribution is 2.36. The Bertz CT molecular complexity index is 1170. The van der Waals surface area contributed by atoms with E-state index in [1.165, 1.54) is 0 Å². The number of piperidine rings is 1. The van der Waals surface area contributed by atoms with Crippen LogP contribution in [0.15, 0.2) is 16.5 Å². The molecule has 32 heavy (non-hydrogen) atoms. The van der Waals surface area contributed by atoms with Crippen LogP contribution in [0.3, 0.4) is 0 Å². The van der Waals surface area contributed by atoms with E-state index in [1.54, 1.807) is 24.8 Å². The lowest BCUT2D eigenvalue weighted by Gasteiger charge is -2.34. The van der Waals surface area contributed by atoms with Crippen LogP contribution in [0, 0.1) is 13.8 Å². The van der Waals surface area contributed by atoms with Crippen molar-refractivity contribution in [2.24, 2.45) is 0 Å². The average molecular weight is 449 g/mol. The van der Waals surface area contributed by atoms with Gasteiger partial charge in [0.2, 0.25) is 5.76 Å². The predicted molar refractivity (Wildman–Crippen MR) is 110 cm³/mol. The number of aryl methyl sites for hydroxylation is 2. The maximum absolute atomic E-state index is 13.8. The van der Waals surface area contributed by atoms with Crippen LogP contribution < -0.4 is 0 Å². The van der Waals surface area contributed by atoms with Gasteiger partial charge in [-0.05, 0) is 32.3 Å². The molecule has 0 radical (unpaired) electrons. The number of aromatic nitrogens is 4. The van der Waals surface area contributed by atoms with Gasteiger partial charge in [0.05, 0.1) is 23.1 Å². The summed E-state index contributed by atoms with van der Waals surface area (Å²) in [6.45, 7) is 9.26. The number of likely N-dealkylation sites (tertiary alicyclic amines) is 1. The first-order chi connectivity index (χ1) is 14.9. The third kappa shape index (κ3) is 3.98. The van der Waals surface area contributed by atoms with E-state index in [1.807, 2.05) is 20.8 Å². The number of hydrogen-bond donors (Lipinski definition) is 0. The first kappa shape index (κ1) is 22.3. The summed E-state index contributed by atoms with van der Waals surface area (Å²) in [5.41, 5.74) is -0.133. The van der Waals surface area contributed by atoms with Crippen LogP contribution in [0.25, 0.3) is 5.65 Å². The number of oxazole rings is 1. The molecule has 0 saturated carbocycles. The van der Waals surface area contributed by atoms with E-state index in [0.29, 0.717) is 35.9 Å². The summed E-state index contributed by atoms with van der Waals surface area (Å²) in [5.74, 6) is 0.215. The topological polar surface area (TPSA) is 76.5 Å². The zero-order chi connectivity index (χ0) is 23.4. The molecule has 1 amide bonds. The minimum Gasteiger partial charge on any atom is -0.436 e. The Morgan fingerprint density at radius 1 is 1.12 bits per heavy atom. The monoisotopic (exact) mass is 449 g/mol. The molecule has 1 saturated heterocycles. The Labute approximate surface area is 183 Å². The average Bonchev–Trinajstić information content (AvgIpc) is 3.27. The van der Waals surface area contributed by atoms with Crippen molar-refractivity contribution in [3.63, 3.8) is 0 Å². The number of halogens is 3. The van der Waals surface area contributed by atoms with Crippen LogP contribution in [0.5, 0.6) is 0 Å². The van der Waals surface area contributed by atoms with Crippen molar-refractivity contribution in [1.29, 1.82) is 0 Å². The Morgan fingerprint density at radius 2 is 1.84 bits per heavy atom. The molecule has 0 N–H and O–H groups in total. The fourth-order valence-corrected chi connectivity index (χ4v) is 4.08. The van der Waals surface area contributed by atoms with Crippen molar-refractivity contribution in [2.45, 2.75) is 71.5 Å². The number of nitrogens with zero attached hydrogens (tertiary/aromatic N) is 5. The maximum Gasteiger partial charge on any atom is 0.433 e. The first-order valence-corrected chi connectivity index (χ1v) is 10.6. The summed E-state index contributed by atoms with van der Waals surface area (Å²) in [7, 11) is 0. The zero-order valence-electron chi connectivity index (χ0n) is 18.7. The third-order valence-electron chi connectivity index (χ3n) is 5.71. The van der Waals surface area contributed by atoms with Crippen molar-refractivity contribution in [1.82, 2.24) is 24.5 Å². The smallest absolute Gasteiger partial charge is 0.433 e. The van der Waals surface area contributed by atoms with Crippen molar-refractivity contribution in [3.8, 4) is 0 Å². The largest absolute Gasteiger partial charge is 0.436 e. The van der Waals surface area contributed by atoms with E-state index in [4.69, 9.17) is 4.42 Å². The van der Waals surface area contributed by atoms with Gasteiger partial charge in [-0.3, -0.25) is 4.79 Å². The molecule has 0 bridgehead atoms. The van der Waals surface area contributed by atoms with Crippen molar-refractivity contribution in [3.05, 3.63) is 46.6 Å². The van der Waals surface area contributed by atoms with Crippen LogP contribution in [0.4, 0.5) is 13.2 Å². The van der Waals surface area contributed by atoms with Crippen molar-refractivity contribution < 1.29 is 22.4 Å². The molecule has 0 aliphatic carbocycles. The standard InChI is InChI=1S/C22H26F3N5O2/c1-12-19(32-13(2)26-12)20(31)29-9-7-6-8-15(29)14-10-18-27-16(21(3,4)5)11-17(22(23,24)25)30(18)28-14/h10-11,15H,6-9H2,1-5H3. The van der Waals surface area contributed by atoms with Gasteiger partial charge in [-0.25, -0.2) is 14.5 Å². The van der Waals surface area contributed by atoms with Crippen LogP contribution >= 0.6 is 0 Å². The number of rotatable bonds is 2. The van der Waals surface area contributed by atoms with Gasteiger partial charge >= 0.3 is 6.18 Å². The molecule has 7 nitrogen and oxygen atoms in total. The summed E-state index contributed by atoms with van der Waals surface area (Å²) in [6, 6.07) is 2.13. The first-order valence-electron chi connectivity index (χ1n) is 10.6. The van der Waals surface area contributed by atoms with Gasteiger partial charge in [0.15, 0.2) is 11.5 Å². The quantitative estimate of drug-likeness (QED) is 0.549. The molecule has 3 aromatic rings. The molecule has 10 heteroatoms. The Hall–Kier alpha value is -2.91. The van der Waals surface area contributed by atoms with Crippen molar-refractivity contribution >= 4 is 11.6 Å². The summed E-state index contributed by atoms with van der Waals surface area (Å²) in [6.07, 6.45) is -2.37. The molecule has 0 spiro atoms. The van der Waals surface area contributed by atoms with E-state index in [2.05, 4.69) is 15.1 Å². The minimum absolute atomic E-state index is 0.115. The highest BCUT2D eigenvalue weighted by atomic mass is 19.4. The minimum atomic E-state index is -4.60. The summed E-state index contributed by atoms with van der Waals surface area (Å²) < 4.78 is 47.9. The Balaban J connectivity index is 1.80. The summed E-state index contributed by atoms with van der Waals surface area (Å²) in [4.78, 5) is 23.4. The third-order valence-corrected chi connectivity index (χ3v) is 5.71. The fourth-order valence-electron chi connectivity index (χ4n) is 4.08. The van der Waals surface area contributed by atoms with E-state index in [-0.39, 0.29) is 17.3 Å². The SMILES string of the molecule is Cc1nc(C)c(C(=O)N2CCCCC2c2cc3nc(C(C)(C)C)cc(C(F)(F)F)n3n2)o1. The molecule has 1 aliphatic rings. The lowest BCUT2D eigenvalue weighted by molar-refractivity contribution is -0.142.